The molecule has 3 nitrogen and oxygen atoms in total. The molecule has 0 bridgehead atoms. The monoisotopic (exact) mass is 339 g/mol. The maximum Gasteiger partial charge on any atom is 0.167 e. The molecule has 0 aliphatic carbocycles. The Balaban J connectivity index is 2.04. The van der Waals surface area contributed by atoms with Gasteiger partial charge >= 0.3 is 0 Å². The van der Waals surface area contributed by atoms with E-state index in [1.807, 2.05) is 12.1 Å². The Morgan fingerprint density at radius 1 is 0.905 bits per heavy atom. The molecule has 0 amide bonds. The summed E-state index contributed by atoms with van der Waals surface area (Å²) >= 11 is 17.7. The zero-order chi connectivity index (χ0) is 15.0. The smallest absolute Gasteiger partial charge is 0.167 e. The molecule has 6 heteroatoms. The average Bonchev–Trinajstić information content (AvgIpc) is 2.93. The number of halogens is 3. The Kier molecular flexibility index (Phi) is 3.81. The summed E-state index contributed by atoms with van der Waals surface area (Å²) < 4.78 is 5.29. The molecule has 0 saturated heterocycles. The van der Waals surface area contributed by atoms with Gasteiger partial charge in [0.2, 0.25) is 0 Å². The van der Waals surface area contributed by atoms with Gasteiger partial charge < -0.3 is 9.63 Å². The van der Waals surface area contributed by atoms with Crippen molar-refractivity contribution in [3.63, 3.8) is 0 Å². The number of aromatic nitrogens is 1. The molecule has 3 aromatic rings. The average molecular weight is 341 g/mol. The van der Waals surface area contributed by atoms with Gasteiger partial charge in [-0.2, -0.15) is 0 Å². The van der Waals surface area contributed by atoms with Crippen LogP contribution in [0.25, 0.3) is 22.6 Å². The molecule has 106 valence electrons. The van der Waals surface area contributed by atoms with Crippen LogP contribution in [0.3, 0.4) is 0 Å². The van der Waals surface area contributed by atoms with Crippen molar-refractivity contribution in [2.24, 2.45) is 0 Å². The van der Waals surface area contributed by atoms with Crippen LogP contribution in [0, 0.1) is 0 Å². The van der Waals surface area contributed by atoms with Crippen molar-refractivity contribution in [3.8, 4) is 28.3 Å². The topological polar surface area (TPSA) is 46.3 Å². The molecule has 2 aromatic carbocycles. The highest BCUT2D eigenvalue weighted by molar-refractivity contribution is 6.36. The fourth-order valence-electron chi connectivity index (χ4n) is 1.91. The Hall–Kier alpha value is -1.68. The molecule has 3 rings (SSSR count). The quantitative estimate of drug-likeness (QED) is 0.653. The third kappa shape index (κ3) is 2.86. The highest BCUT2D eigenvalue weighted by Gasteiger charge is 2.15. The Labute approximate surface area is 135 Å². The van der Waals surface area contributed by atoms with Gasteiger partial charge in [-0.05, 0) is 36.4 Å². The summed E-state index contributed by atoms with van der Waals surface area (Å²) in [6, 6.07) is 11.9. The summed E-state index contributed by atoms with van der Waals surface area (Å²) in [7, 11) is 0. The number of aromatic hydroxyl groups is 1. The van der Waals surface area contributed by atoms with Crippen LogP contribution in [0.5, 0.6) is 5.75 Å². The Morgan fingerprint density at radius 3 is 2.33 bits per heavy atom. The van der Waals surface area contributed by atoms with Gasteiger partial charge in [0.1, 0.15) is 11.4 Å². The second-order valence-electron chi connectivity index (χ2n) is 4.37. The van der Waals surface area contributed by atoms with Gasteiger partial charge in [-0.1, -0.05) is 40.0 Å². The fourth-order valence-corrected chi connectivity index (χ4v) is 2.53. The second-order valence-corrected chi connectivity index (χ2v) is 5.65. The molecule has 0 fully saturated rings. The Morgan fingerprint density at radius 2 is 1.62 bits per heavy atom. The van der Waals surface area contributed by atoms with Crippen LogP contribution in [0.2, 0.25) is 15.1 Å². The van der Waals surface area contributed by atoms with Gasteiger partial charge in [0.05, 0.1) is 5.02 Å². The van der Waals surface area contributed by atoms with E-state index in [0.717, 1.165) is 5.56 Å². The van der Waals surface area contributed by atoms with Gasteiger partial charge in [-0.25, -0.2) is 0 Å². The van der Waals surface area contributed by atoms with Gasteiger partial charge in [-0.3, -0.25) is 0 Å². The van der Waals surface area contributed by atoms with Crippen LogP contribution in [-0.4, -0.2) is 10.3 Å². The second kappa shape index (κ2) is 5.60. The number of benzene rings is 2. The summed E-state index contributed by atoms with van der Waals surface area (Å²) in [4.78, 5) is 0. The van der Waals surface area contributed by atoms with Gasteiger partial charge in [0, 0.05) is 27.2 Å². The third-order valence-electron chi connectivity index (χ3n) is 2.94. The Bertz CT molecular complexity index is 797. The molecule has 1 N–H and O–H groups in total. The zero-order valence-electron chi connectivity index (χ0n) is 10.5. The molecule has 21 heavy (non-hydrogen) atoms. The number of phenols is 1. The van der Waals surface area contributed by atoms with Crippen molar-refractivity contribution >= 4 is 34.8 Å². The predicted molar refractivity (Wildman–Crippen MR) is 84.1 cm³/mol. The molecule has 0 atom stereocenters. The minimum atomic E-state index is -0.0861. The maximum absolute atomic E-state index is 10.0. The molecule has 1 heterocycles. The minimum Gasteiger partial charge on any atom is -0.506 e. The third-order valence-corrected chi connectivity index (χ3v) is 3.70. The molecule has 1 aromatic heterocycles. The summed E-state index contributed by atoms with van der Waals surface area (Å²) in [5, 5.41) is 15.1. The predicted octanol–water partition coefficient (Wildman–Crippen LogP) is 5.67. The normalized spacial score (nSPS) is 10.8. The van der Waals surface area contributed by atoms with Crippen molar-refractivity contribution in [2.75, 3.05) is 0 Å². The molecule has 0 spiro atoms. The standard InChI is InChI=1S/C15H8Cl3NO2/c16-9-3-1-8(2-4-9)14-7-13(19-21-14)11-5-10(17)6-12(18)15(11)20/h1-7,20H. The van der Waals surface area contributed by atoms with E-state index < -0.39 is 0 Å². The van der Waals surface area contributed by atoms with Crippen molar-refractivity contribution < 1.29 is 9.63 Å². The van der Waals surface area contributed by atoms with E-state index in [1.165, 1.54) is 6.07 Å². The molecular formula is C15H8Cl3NO2. The molecule has 0 aliphatic heterocycles. The lowest BCUT2D eigenvalue weighted by atomic mass is 10.1. The molecular weight excluding hydrogens is 333 g/mol. The van der Waals surface area contributed by atoms with Crippen LogP contribution in [-0.2, 0) is 0 Å². The van der Waals surface area contributed by atoms with E-state index in [-0.39, 0.29) is 10.8 Å². The van der Waals surface area contributed by atoms with Gasteiger partial charge in [0.15, 0.2) is 5.76 Å². The number of nitrogens with zero attached hydrogens (tertiary/aromatic N) is 1. The maximum atomic E-state index is 10.0. The lowest BCUT2D eigenvalue weighted by molar-refractivity contribution is 0.433. The first kappa shape index (κ1) is 14.3. The number of hydrogen-bond donors (Lipinski definition) is 1. The van der Waals surface area contributed by atoms with E-state index in [9.17, 15) is 5.11 Å². The van der Waals surface area contributed by atoms with Gasteiger partial charge in [0.25, 0.3) is 0 Å². The van der Waals surface area contributed by atoms with E-state index in [1.54, 1.807) is 24.3 Å². The van der Waals surface area contributed by atoms with Crippen molar-refractivity contribution in [2.45, 2.75) is 0 Å². The molecule has 0 radical (unpaired) electrons. The van der Waals surface area contributed by atoms with Crippen LogP contribution >= 0.6 is 34.8 Å². The van der Waals surface area contributed by atoms with Crippen LogP contribution in [0.4, 0.5) is 0 Å². The highest BCUT2D eigenvalue weighted by atomic mass is 35.5. The summed E-state index contributed by atoms with van der Waals surface area (Å²) in [5.41, 5.74) is 1.68. The SMILES string of the molecule is Oc1c(Cl)cc(Cl)cc1-c1cc(-c2ccc(Cl)cc2)on1. The van der Waals surface area contributed by atoms with Crippen LogP contribution < -0.4 is 0 Å². The highest BCUT2D eigenvalue weighted by Crippen LogP contribution is 2.38. The fraction of sp³-hybridized carbons (Fsp3) is 0. The van der Waals surface area contributed by atoms with E-state index in [2.05, 4.69) is 5.16 Å². The van der Waals surface area contributed by atoms with E-state index in [0.29, 0.717) is 27.1 Å². The first-order valence-corrected chi connectivity index (χ1v) is 7.09. The summed E-state index contributed by atoms with van der Waals surface area (Å²) in [6.45, 7) is 0. The number of hydrogen-bond acceptors (Lipinski definition) is 3. The number of phenolic OH excluding ortho intramolecular Hbond substituents is 1. The molecule has 0 saturated carbocycles. The lowest BCUT2D eigenvalue weighted by Gasteiger charge is -2.03. The molecule has 0 unspecified atom stereocenters. The van der Waals surface area contributed by atoms with Crippen molar-refractivity contribution in [3.05, 3.63) is 57.5 Å². The number of rotatable bonds is 2. The van der Waals surface area contributed by atoms with Crippen LogP contribution in [0.1, 0.15) is 0 Å². The van der Waals surface area contributed by atoms with E-state index in [4.69, 9.17) is 39.3 Å². The van der Waals surface area contributed by atoms with Gasteiger partial charge in [-0.15, -0.1) is 0 Å². The zero-order valence-corrected chi connectivity index (χ0v) is 12.7. The first-order valence-electron chi connectivity index (χ1n) is 5.95. The van der Waals surface area contributed by atoms with Crippen LogP contribution in [0.15, 0.2) is 47.0 Å². The largest absolute Gasteiger partial charge is 0.506 e. The summed E-state index contributed by atoms with van der Waals surface area (Å²) in [6.07, 6.45) is 0. The molecule has 0 aliphatic rings. The lowest BCUT2D eigenvalue weighted by Crippen LogP contribution is -1.80. The van der Waals surface area contributed by atoms with E-state index >= 15 is 0 Å². The first-order chi connectivity index (χ1) is 10.0. The summed E-state index contributed by atoms with van der Waals surface area (Å²) in [5.74, 6) is 0.467. The minimum absolute atomic E-state index is 0.0861. The van der Waals surface area contributed by atoms with Crippen molar-refractivity contribution in [1.82, 2.24) is 5.16 Å². The van der Waals surface area contributed by atoms with Crippen molar-refractivity contribution in [1.29, 1.82) is 0 Å².